The number of pyridine rings is 1. The van der Waals surface area contributed by atoms with Crippen LogP contribution in [-0.4, -0.2) is 20.0 Å². The number of nitrogens with one attached hydrogen (secondary N) is 1. The molecule has 0 unspecified atom stereocenters. The Labute approximate surface area is 117 Å². The highest BCUT2D eigenvalue weighted by Crippen LogP contribution is 2.00. The zero-order chi connectivity index (χ0) is 14.7. The number of aryl methyl sites for hydroxylation is 2. The van der Waals surface area contributed by atoms with Gasteiger partial charge in [-0.1, -0.05) is 0 Å². The summed E-state index contributed by atoms with van der Waals surface area (Å²) in [5.74, 6) is -0.366. The molecule has 106 valence electrons. The van der Waals surface area contributed by atoms with Crippen LogP contribution in [0.3, 0.4) is 0 Å². The molecule has 2 rings (SSSR count). The van der Waals surface area contributed by atoms with Gasteiger partial charge in [-0.15, -0.1) is 0 Å². The van der Waals surface area contributed by atoms with Crippen LogP contribution < -0.4 is 10.9 Å². The van der Waals surface area contributed by atoms with Crippen molar-refractivity contribution in [2.75, 3.05) is 0 Å². The first-order valence-corrected chi connectivity index (χ1v) is 6.48. The van der Waals surface area contributed by atoms with Gasteiger partial charge in [0.1, 0.15) is 5.56 Å². The maximum Gasteiger partial charge on any atom is 0.263 e. The van der Waals surface area contributed by atoms with Crippen molar-refractivity contribution < 1.29 is 4.79 Å². The Bertz CT molecular complexity index is 685. The maximum absolute atomic E-state index is 12.1. The molecule has 0 radical (unpaired) electrons. The number of carbonyl (C=O) groups is 1. The van der Waals surface area contributed by atoms with Gasteiger partial charge in [0, 0.05) is 25.5 Å². The van der Waals surface area contributed by atoms with Crippen LogP contribution in [0.15, 0.2) is 29.5 Å². The minimum atomic E-state index is -0.366. The van der Waals surface area contributed by atoms with E-state index < -0.39 is 0 Å². The summed E-state index contributed by atoms with van der Waals surface area (Å²) in [4.78, 5) is 28.1. The number of hydrogen-bond donors (Lipinski definition) is 1. The zero-order valence-corrected chi connectivity index (χ0v) is 11.9. The normalized spacial score (nSPS) is 10.6. The predicted molar refractivity (Wildman–Crippen MR) is 75.5 cm³/mol. The van der Waals surface area contributed by atoms with Crippen LogP contribution in [0, 0.1) is 6.92 Å². The number of carbonyl (C=O) groups excluding carboxylic acids is 1. The summed E-state index contributed by atoms with van der Waals surface area (Å²) < 4.78 is 3.40. The minimum absolute atomic E-state index is 0.153. The first-order chi connectivity index (χ1) is 9.54. The average molecular weight is 274 g/mol. The van der Waals surface area contributed by atoms with Gasteiger partial charge in [-0.05, 0) is 26.0 Å². The lowest BCUT2D eigenvalue weighted by Gasteiger charge is -2.09. The maximum atomic E-state index is 12.1. The fourth-order valence-corrected chi connectivity index (χ4v) is 1.95. The molecule has 0 spiro atoms. The van der Waals surface area contributed by atoms with E-state index in [-0.39, 0.29) is 17.0 Å². The van der Waals surface area contributed by atoms with Crippen molar-refractivity contribution >= 4 is 5.91 Å². The molecule has 0 bridgehead atoms. The van der Waals surface area contributed by atoms with Gasteiger partial charge in [0.25, 0.3) is 11.5 Å². The molecule has 6 nitrogen and oxygen atoms in total. The summed E-state index contributed by atoms with van der Waals surface area (Å²) >= 11 is 0. The molecule has 0 atom stereocenters. The standard InChI is InChI=1S/C14H18N4O2/c1-4-18-9-15-7-11(18)8-16-13(19)12-6-5-10(2)17(3)14(12)20/h5-7,9H,4,8H2,1-3H3,(H,16,19). The van der Waals surface area contributed by atoms with E-state index in [1.807, 2.05) is 18.4 Å². The monoisotopic (exact) mass is 274 g/mol. The highest BCUT2D eigenvalue weighted by atomic mass is 16.2. The first kappa shape index (κ1) is 14.0. The molecule has 0 aliphatic heterocycles. The van der Waals surface area contributed by atoms with E-state index >= 15 is 0 Å². The molecular formula is C14H18N4O2. The molecule has 2 aromatic rings. The van der Waals surface area contributed by atoms with Crippen LogP contribution in [-0.2, 0) is 20.1 Å². The third kappa shape index (κ3) is 2.64. The van der Waals surface area contributed by atoms with Crippen LogP contribution in [0.4, 0.5) is 0 Å². The first-order valence-electron chi connectivity index (χ1n) is 6.48. The Morgan fingerprint density at radius 3 is 2.85 bits per heavy atom. The van der Waals surface area contributed by atoms with Gasteiger partial charge in [0.2, 0.25) is 0 Å². The summed E-state index contributed by atoms with van der Waals surface area (Å²) in [7, 11) is 1.65. The molecule has 0 aromatic carbocycles. The third-order valence-corrected chi connectivity index (χ3v) is 3.37. The second kappa shape index (κ2) is 5.73. The fraction of sp³-hybridized carbons (Fsp3) is 0.357. The molecule has 0 saturated carbocycles. The molecule has 1 amide bonds. The number of amides is 1. The van der Waals surface area contributed by atoms with E-state index in [9.17, 15) is 9.59 Å². The third-order valence-electron chi connectivity index (χ3n) is 3.37. The van der Waals surface area contributed by atoms with Gasteiger partial charge in [-0.3, -0.25) is 9.59 Å². The number of rotatable bonds is 4. The van der Waals surface area contributed by atoms with Crippen molar-refractivity contribution in [1.82, 2.24) is 19.4 Å². The summed E-state index contributed by atoms with van der Waals surface area (Å²) in [6, 6.07) is 3.32. The van der Waals surface area contributed by atoms with Crippen LogP contribution in [0.1, 0.15) is 28.7 Å². The largest absolute Gasteiger partial charge is 0.346 e. The molecule has 2 aromatic heterocycles. The summed E-state index contributed by atoms with van der Waals surface area (Å²) in [5, 5.41) is 2.75. The highest BCUT2D eigenvalue weighted by Gasteiger charge is 2.12. The van der Waals surface area contributed by atoms with Crippen molar-refractivity contribution in [3.63, 3.8) is 0 Å². The van der Waals surface area contributed by atoms with Gasteiger partial charge in [-0.2, -0.15) is 0 Å². The molecule has 20 heavy (non-hydrogen) atoms. The Hall–Kier alpha value is -2.37. The molecular weight excluding hydrogens is 256 g/mol. The molecule has 0 aliphatic rings. The minimum Gasteiger partial charge on any atom is -0.346 e. The van der Waals surface area contributed by atoms with E-state index in [0.29, 0.717) is 6.54 Å². The quantitative estimate of drug-likeness (QED) is 0.898. The van der Waals surface area contributed by atoms with Crippen molar-refractivity contribution in [2.24, 2.45) is 7.05 Å². The van der Waals surface area contributed by atoms with E-state index in [0.717, 1.165) is 17.9 Å². The van der Waals surface area contributed by atoms with E-state index in [1.54, 1.807) is 31.7 Å². The zero-order valence-electron chi connectivity index (χ0n) is 11.9. The number of hydrogen-bond acceptors (Lipinski definition) is 3. The van der Waals surface area contributed by atoms with Crippen molar-refractivity contribution in [3.05, 3.63) is 52.0 Å². The Balaban J connectivity index is 2.14. The molecule has 0 fully saturated rings. The van der Waals surface area contributed by atoms with E-state index in [1.165, 1.54) is 4.57 Å². The lowest BCUT2D eigenvalue weighted by atomic mass is 10.2. The molecule has 0 saturated heterocycles. The summed E-state index contributed by atoms with van der Waals surface area (Å²) in [6.07, 6.45) is 3.42. The SMILES string of the molecule is CCn1cncc1CNC(=O)c1ccc(C)n(C)c1=O. The van der Waals surface area contributed by atoms with Crippen LogP contribution in [0.5, 0.6) is 0 Å². The topological polar surface area (TPSA) is 68.9 Å². The average Bonchev–Trinajstić information content (AvgIpc) is 2.90. The van der Waals surface area contributed by atoms with Crippen molar-refractivity contribution in [3.8, 4) is 0 Å². The van der Waals surface area contributed by atoms with Gasteiger partial charge >= 0.3 is 0 Å². The van der Waals surface area contributed by atoms with Crippen molar-refractivity contribution in [1.29, 1.82) is 0 Å². The molecule has 6 heteroatoms. The Morgan fingerprint density at radius 1 is 1.40 bits per heavy atom. The molecule has 2 heterocycles. The lowest BCUT2D eigenvalue weighted by molar-refractivity contribution is 0.0948. The summed E-state index contributed by atoms with van der Waals surface area (Å²) in [5.41, 5.74) is 1.59. The number of aromatic nitrogens is 3. The van der Waals surface area contributed by atoms with Crippen LogP contribution in [0.25, 0.3) is 0 Å². The second-order valence-corrected chi connectivity index (χ2v) is 4.61. The highest BCUT2D eigenvalue weighted by molar-refractivity contribution is 5.93. The van der Waals surface area contributed by atoms with Gasteiger partial charge in [-0.25, -0.2) is 4.98 Å². The number of imidazole rings is 1. The predicted octanol–water partition coefficient (Wildman–Crippen LogP) is 0.840. The lowest BCUT2D eigenvalue weighted by Crippen LogP contribution is -2.32. The van der Waals surface area contributed by atoms with Gasteiger partial charge in [0.05, 0.1) is 18.6 Å². The van der Waals surface area contributed by atoms with Gasteiger partial charge in [0.15, 0.2) is 0 Å². The molecule has 1 N–H and O–H groups in total. The van der Waals surface area contributed by atoms with Gasteiger partial charge < -0.3 is 14.5 Å². The molecule has 0 aliphatic carbocycles. The van der Waals surface area contributed by atoms with E-state index in [4.69, 9.17) is 0 Å². The Kier molecular flexibility index (Phi) is 4.02. The van der Waals surface area contributed by atoms with Crippen molar-refractivity contribution in [2.45, 2.75) is 26.9 Å². The Morgan fingerprint density at radius 2 is 2.15 bits per heavy atom. The summed E-state index contributed by atoms with van der Waals surface area (Å²) in [6.45, 7) is 4.97. The van der Waals surface area contributed by atoms with E-state index in [2.05, 4.69) is 10.3 Å². The fourth-order valence-electron chi connectivity index (χ4n) is 1.95. The number of nitrogens with zero attached hydrogens (tertiary/aromatic N) is 3. The van der Waals surface area contributed by atoms with Crippen LogP contribution in [0.2, 0.25) is 0 Å². The smallest absolute Gasteiger partial charge is 0.263 e. The second-order valence-electron chi connectivity index (χ2n) is 4.61. The van der Waals surface area contributed by atoms with Crippen LogP contribution >= 0.6 is 0 Å².